The fraction of sp³-hybridized carbons (Fsp3) is 0.909. The predicted molar refractivity (Wildman–Crippen MR) is 66.2 cm³/mol. The van der Waals surface area contributed by atoms with Crippen molar-refractivity contribution < 1.29 is 4.79 Å². The summed E-state index contributed by atoms with van der Waals surface area (Å²) < 4.78 is 0. The third-order valence-corrected chi connectivity index (χ3v) is 3.89. The summed E-state index contributed by atoms with van der Waals surface area (Å²) >= 11 is 1.79. The molecule has 0 aromatic heterocycles. The first kappa shape index (κ1) is 12.8. The monoisotopic (exact) mass is 230 g/mol. The summed E-state index contributed by atoms with van der Waals surface area (Å²) in [5.74, 6) is 0.818. The number of amides is 1. The lowest BCUT2D eigenvalue weighted by Crippen LogP contribution is -2.34. The van der Waals surface area contributed by atoms with Gasteiger partial charge >= 0.3 is 0 Å². The number of nitrogens with one attached hydrogen (secondary N) is 2. The van der Waals surface area contributed by atoms with Gasteiger partial charge in [-0.2, -0.15) is 11.8 Å². The van der Waals surface area contributed by atoms with Gasteiger partial charge in [0.05, 0.1) is 0 Å². The second kappa shape index (κ2) is 7.12. The van der Waals surface area contributed by atoms with Crippen LogP contribution >= 0.6 is 11.8 Å². The van der Waals surface area contributed by atoms with Crippen LogP contribution in [0.4, 0.5) is 0 Å². The summed E-state index contributed by atoms with van der Waals surface area (Å²) in [5, 5.41) is 6.83. The highest BCUT2D eigenvalue weighted by molar-refractivity contribution is 7.99. The molecule has 88 valence electrons. The van der Waals surface area contributed by atoms with Gasteiger partial charge in [-0.1, -0.05) is 6.92 Å². The van der Waals surface area contributed by atoms with E-state index in [0.717, 1.165) is 32.5 Å². The molecular formula is C11H22N2OS. The first-order valence-electron chi connectivity index (χ1n) is 5.72. The summed E-state index contributed by atoms with van der Waals surface area (Å²) in [6.45, 7) is 5.07. The fourth-order valence-corrected chi connectivity index (χ4v) is 2.01. The molecule has 0 aromatic carbocycles. The number of piperidine rings is 1. The molecule has 0 unspecified atom stereocenters. The lowest BCUT2D eigenvalue weighted by Gasteiger charge is -2.22. The largest absolute Gasteiger partial charge is 0.355 e. The molecule has 0 bridgehead atoms. The molecule has 3 nitrogen and oxygen atoms in total. The predicted octanol–water partition coefficient (Wildman–Crippen LogP) is 1.24. The van der Waals surface area contributed by atoms with Crippen LogP contribution in [0, 0.1) is 5.92 Å². The van der Waals surface area contributed by atoms with Crippen LogP contribution in [-0.4, -0.2) is 37.0 Å². The number of thioether (sulfide) groups is 1. The minimum absolute atomic E-state index is 0.225. The smallest absolute Gasteiger partial charge is 0.220 e. The maximum atomic E-state index is 11.6. The Morgan fingerprint density at radius 1 is 1.53 bits per heavy atom. The first-order chi connectivity index (χ1) is 7.22. The van der Waals surface area contributed by atoms with Crippen LogP contribution < -0.4 is 10.6 Å². The summed E-state index contributed by atoms with van der Waals surface area (Å²) in [6.07, 6.45) is 5.07. The van der Waals surface area contributed by atoms with E-state index in [0.29, 0.717) is 17.6 Å². The van der Waals surface area contributed by atoms with Crippen molar-refractivity contribution in [1.82, 2.24) is 10.6 Å². The number of hydrogen-bond acceptors (Lipinski definition) is 3. The minimum atomic E-state index is 0.225. The van der Waals surface area contributed by atoms with Gasteiger partial charge in [-0.25, -0.2) is 0 Å². The zero-order valence-electron chi connectivity index (χ0n) is 9.71. The maximum Gasteiger partial charge on any atom is 0.220 e. The Kier molecular flexibility index (Phi) is 6.10. The SMILES string of the molecule is CS[C@H](C)CNC(=O)CC1CCNCC1. The van der Waals surface area contributed by atoms with Crippen molar-refractivity contribution in [3.63, 3.8) is 0 Å². The van der Waals surface area contributed by atoms with E-state index in [2.05, 4.69) is 23.8 Å². The number of carbonyl (C=O) groups excluding carboxylic acids is 1. The Morgan fingerprint density at radius 3 is 2.80 bits per heavy atom. The van der Waals surface area contributed by atoms with Crippen LogP contribution in [-0.2, 0) is 4.79 Å². The van der Waals surface area contributed by atoms with E-state index < -0.39 is 0 Å². The van der Waals surface area contributed by atoms with Crippen molar-refractivity contribution in [1.29, 1.82) is 0 Å². The molecule has 0 aliphatic carbocycles. The highest BCUT2D eigenvalue weighted by Crippen LogP contribution is 2.15. The average Bonchev–Trinajstić information content (AvgIpc) is 2.27. The lowest BCUT2D eigenvalue weighted by atomic mass is 9.94. The van der Waals surface area contributed by atoms with E-state index in [1.807, 2.05) is 0 Å². The van der Waals surface area contributed by atoms with Crippen LogP contribution in [0.25, 0.3) is 0 Å². The van der Waals surface area contributed by atoms with Crippen molar-refractivity contribution >= 4 is 17.7 Å². The van der Waals surface area contributed by atoms with Gasteiger partial charge in [-0.15, -0.1) is 0 Å². The van der Waals surface area contributed by atoms with E-state index in [-0.39, 0.29) is 5.91 Å². The van der Waals surface area contributed by atoms with Crippen molar-refractivity contribution in [2.45, 2.75) is 31.4 Å². The molecule has 0 spiro atoms. The molecule has 0 aromatic rings. The molecule has 1 aliphatic heterocycles. The van der Waals surface area contributed by atoms with Crippen LogP contribution in [0.5, 0.6) is 0 Å². The van der Waals surface area contributed by atoms with Crippen LogP contribution in [0.3, 0.4) is 0 Å². The molecule has 2 N–H and O–H groups in total. The van der Waals surface area contributed by atoms with Crippen LogP contribution in [0.1, 0.15) is 26.2 Å². The topological polar surface area (TPSA) is 41.1 Å². The summed E-state index contributed by atoms with van der Waals surface area (Å²) in [6, 6.07) is 0. The van der Waals surface area contributed by atoms with Gasteiger partial charge in [0.2, 0.25) is 5.91 Å². The standard InChI is InChI=1S/C11H22N2OS/c1-9(15-2)8-13-11(14)7-10-3-5-12-6-4-10/h9-10,12H,3-8H2,1-2H3,(H,13,14)/t9-/m1/s1. The van der Waals surface area contributed by atoms with Gasteiger partial charge in [-0.05, 0) is 38.1 Å². The molecule has 1 atom stereocenters. The average molecular weight is 230 g/mol. The number of carbonyl (C=O) groups is 1. The van der Waals surface area contributed by atoms with Crippen LogP contribution in [0.2, 0.25) is 0 Å². The molecule has 1 fully saturated rings. The normalized spacial score (nSPS) is 19.9. The molecule has 1 rings (SSSR count). The highest BCUT2D eigenvalue weighted by atomic mass is 32.2. The Bertz CT molecular complexity index is 193. The number of hydrogen-bond donors (Lipinski definition) is 2. The van der Waals surface area contributed by atoms with Gasteiger partial charge in [-0.3, -0.25) is 4.79 Å². The Balaban J connectivity index is 2.11. The zero-order chi connectivity index (χ0) is 11.1. The Labute approximate surface area is 96.8 Å². The Hall–Kier alpha value is -0.220. The van der Waals surface area contributed by atoms with E-state index in [9.17, 15) is 4.79 Å². The first-order valence-corrected chi connectivity index (χ1v) is 7.01. The van der Waals surface area contributed by atoms with E-state index in [1.54, 1.807) is 11.8 Å². The third-order valence-electron chi connectivity index (χ3n) is 2.92. The second-order valence-electron chi connectivity index (χ2n) is 4.25. The second-order valence-corrected chi connectivity index (χ2v) is 5.52. The van der Waals surface area contributed by atoms with Crippen LogP contribution in [0.15, 0.2) is 0 Å². The molecular weight excluding hydrogens is 208 g/mol. The fourth-order valence-electron chi connectivity index (χ4n) is 1.76. The molecule has 4 heteroatoms. The van der Waals surface area contributed by atoms with Crippen molar-refractivity contribution in [3.8, 4) is 0 Å². The summed E-state index contributed by atoms with van der Waals surface area (Å²) in [4.78, 5) is 11.6. The molecule has 1 aliphatic rings. The molecule has 1 heterocycles. The number of rotatable bonds is 5. The highest BCUT2D eigenvalue weighted by Gasteiger charge is 2.16. The zero-order valence-corrected chi connectivity index (χ0v) is 10.5. The Morgan fingerprint density at radius 2 is 2.20 bits per heavy atom. The molecule has 1 amide bonds. The van der Waals surface area contributed by atoms with E-state index in [4.69, 9.17) is 0 Å². The molecule has 0 saturated carbocycles. The lowest BCUT2D eigenvalue weighted by molar-refractivity contribution is -0.122. The quantitative estimate of drug-likeness (QED) is 0.747. The van der Waals surface area contributed by atoms with Gasteiger partial charge in [0.25, 0.3) is 0 Å². The summed E-state index contributed by atoms with van der Waals surface area (Å²) in [5.41, 5.74) is 0. The molecule has 0 radical (unpaired) electrons. The maximum absolute atomic E-state index is 11.6. The third kappa shape index (κ3) is 5.42. The minimum Gasteiger partial charge on any atom is -0.355 e. The molecule has 15 heavy (non-hydrogen) atoms. The summed E-state index contributed by atoms with van der Waals surface area (Å²) in [7, 11) is 0. The van der Waals surface area contributed by atoms with Gasteiger partial charge in [0.15, 0.2) is 0 Å². The van der Waals surface area contributed by atoms with Crippen molar-refractivity contribution in [2.75, 3.05) is 25.9 Å². The molecule has 1 saturated heterocycles. The van der Waals surface area contributed by atoms with Gasteiger partial charge in [0, 0.05) is 18.2 Å². The van der Waals surface area contributed by atoms with Crippen molar-refractivity contribution in [2.24, 2.45) is 5.92 Å². The van der Waals surface area contributed by atoms with E-state index in [1.165, 1.54) is 0 Å². The van der Waals surface area contributed by atoms with E-state index >= 15 is 0 Å². The van der Waals surface area contributed by atoms with Crippen molar-refractivity contribution in [3.05, 3.63) is 0 Å². The van der Waals surface area contributed by atoms with Gasteiger partial charge in [0.1, 0.15) is 0 Å². The van der Waals surface area contributed by atoms with Gasteiger partial charge < -0.3 is 10.6 Å².